The minimum Gasteiger partial charge on any atom is -0.463 e. The Hall–Kier alpha value is -2.43. The van der Waals surface area contributed by atoms with Crippen molar-refractivity contribution in [3.05, 3.63) is 46.5 Å². The van der Waals surface area contributed by atoms with E-state index in [0.717, 1.165) is 5.56 Å². The molecule has 1 aromatic carbocycles. The van der Waals surface area contributed by atoms with Gasteiger partial charge in [-0.3, -0.25) is 4.79 Å². The van der Waals surface area contributed by atoms with Crippen LogP contribution in [0.25, 0.3) is 17.0 Å². The Bertz CT molecular complexity index is 701. The molecule has 5 heteroatoms. The summed E-state index contributed by atoms with van der Waals surface area (Å²) in [6.45, 7) is 2.09. The van der Waals surface area contributed by atoms with Crippen LogP contribution in [0.4, 0.5) is 0 Å². The number of rotatable bonds is 3. The molecule has 0 fully saturated rings. The van der Waals surface area contributed by atoms with Gasteiger partial charge in [-0.05, 0) is 30.7 Å². The standard InChI is InChI=1S/C14H14N2O3/c1-3-19-13(17)7-5-10-4-6-12-11(8-10)14(18)16(2)9-15-12/h4-9H,3H2,1-2H3. The molecule has 0 saturated carbocycles. The van der Waals surface area contributed by atoms with Crippen LogP contribution < -0.4 is 5.56 Å². The third-order valence-electron chi connectivity index (χ3n) is 2.64. The van der Waals surface area contributed by atoms with Crippen LogP contribution in [0, 0.1) is 0 Å². The first kappa shape index (κ1) is 13.0. The van der Waals surface area contributed by atoms with E-state index in [0.29, 0.717) is 17.5 Å². The maximum absolute atomic E-state index is 11.9. The summed E-state index contributed by atoms with van der Waals surface area (Å²) in [5, 5.41) is 0.524. The van der Waals surface area contributed by atoms with Gasteiger partial charge in [0.25, 0.3) is 5.56 Å². The Kier molecular flexibility index (Phi) is 3.75. The highest BCUT2D eigenvalue weighted by Crippen LogP contribution is 2.11. The summed E-state index contributed by atoms with van der Waals surface area (Å²) in [7, 11) is 1.65. The number of aromatic nitrogens is 2. The molecule has 0 N–H and O–H groups in total. The molecule has 98 valence electrons. The van der Waals surface area contributed by atoms with Crippen LogP contribution in [0.1, 0.15) is 12.5 Å². The Morgan fingerprint density at radius 3 is 3.00 bits per heavy atom. The van der Waals surface area contributed by atoms with Crippen molar-refractivity contribution in [2.75, 3.05) is 6.61 Å². The van der Waals surface area contributed by atoms with Crippen molar-refractivity contribution in [2.45, 2.75) is 6.92 Å². The van der Waals surface area contributed by atoms with Crippen molar-refractivity contribution in [2.24, 2.45) is 7.05 Å². The average molecular weight is 258 g/mol. The zero-order chi connectivity index (χ0) is 13.8. The number of aryl methyl sites for hydroxylation is 1. The van der Waals surface area contributed by atoms with Crippen LogP contribution in [0.3, 0.4) is 0 Å². The summed E-state index contributed by atoms with van der Waals surface area (Å²) in [4.78, 5) is 27.3. The van der Waals surface area contributed by atoms with Crippen molar-refractivity contribution in [1.82, 2.24) is 9.55 Å². The third-order valence-corrected chi connectivity index (χ3v) is 2.64. The Morgan fingerprint density at radius 1 is 1.47 bits per heavy atom. The molecule has 0 bridgehead atoms. The SMILES string of the molecule is CCOC(=O)C=Cc1ccc2ncn(C)c(=O)c2c1. The summed E-state index contributed by atoms with van der Waals surface area (Å²) in [5.41, 5.74) is 1.28. The minimum absolute atomic E-state index is 0.114. The number of nitrogens with zero attached hydrogens (tertiary/aromatic N) is 2. The fourth-order valence-electron chi connectivity index (χ4n) is 1.69. The predicted octanol–water partition coefficient (Wildman–Crippen LogP) is 1.51. The Balaban J connectivity index is 2.39. The fraction of sp³-hybridized carbons (Fsp3) is 0.214. The molecular weight excluding hydrogens is 244 g/mol. The number of carbonyl (C=O) groups excluding carboxylic acids is 1. The van der Waals surface area contributed by atoms with E-state index in [1.54, 1.807) is 38.2 Å². The number of esters is 1. The highest BCUT2D eigenvalue weighted by molar-refractivity contribution is 5.88. The van der Waals surface area contributed by atoms with Crippen LogP contribution in [-0.2, 0) is 16.6 Å². The van der Waals surface area contributed by atoms with Crippen molar-refractivity contribution in [3.8, 4) is 0 Å². The molecule has 0 aliphatic carbocycles. The van der Waals surface area contributed by atoms with Crippen LogP contribution in [0.5, 0.6) is 0 Å². The van der Waals surface area contributed by atoms with Gasteiger partial charge in [0.1, 0.15) is 0 Å². The highest BCUT2D eigenvalue weighted by atomic mass is 16.5. The number of ether oxygens (including phenoxy) is 1. The molecule has 0 radical (unpaired) electrons. The summed E-state index contributed by atoms with van der Waals surface area (Å²) in [6, 6.07) is 5.26. The molecule has 1 heterocycles. The second-order valence-corrected chi connectivity index (χ2v) is 4.02. The normalized spacial score (nSPS) is 11.1. The van der Waals surface area contributed by atoms with E-state index in [4.69, 9.17) is 4.74 Å². The summed E-state index contributed by atoms with van der Waals surface area (Å²) < 4.78 is 6.21. The quantitative estimate of drug-likeness (QED) is 0.618. The monoisotopic (exact) mass is 258 g/mol. The lowest BCUT2D eigenvalue weighted by atomic mass is 10.1. The van der Waals surface area contributed by atoms with Gasteiger partial charge in [-0.25, -0.2) is 9.78 Å². The predicted molar refractivity (Wildman–Crippen MR) is 72.7 cm³/mol. The van der Waals surface area contributed by atoms with Crippen LogP contribution in [0.2, 0.25) is 0 Å². The molecule has 0 aliphatic heterocycles. The molecule has 2 rings (SSSR count). The van der Waals surface area contributed by atoms with E-state index in [1.165, 1.54) is 17.0 Å². The number of fused-ring (bicyclic) bond motifs is 1. The molecule has 2 aromatic rings. The first-order valence-electron chi connectivity index (χ1n) is 5.92. The van der Waals surface area contributed by atoms with E-state index >= 15 is 0 Å². The molecule has 19 heavy (non-hydrogen) atoms. The van der Waals surface area contributed by atoms with Crippen LogP contribution in [-0.4, -0.2) is 22.1 Å². The maximum Gasteiger partial charge on any atom is 0.330 e. The molecule has 5 nitrogen and oxygen atoms in total. The molecule has 0 unspecified atom stereocenters. The molecule has 0 atom stereocenters. The van der Waals surface area contributed by atoms with Gasteiger partial charge in [0.2, 0.25) is 0 Å². The third kappa shape index (κ3) is 2.88. The van der Waals surface area contributed by atoms with Crippen LogP contribution in [0.15, 0.2) is 35.4 Å². The van der Waals surface area contributed by atoms with Gasteiger partial charge < -0.3 is 9.30 Å². The lowest BCUT2D eigenvalue weighted by Crippen LogP contribution is -2.16. The number of carbonyl (C=O) groups is 1. The zero-order valence-electron chi connectivity index (χ0n) is 10.8. The molecule has 0 saturated heterocycles. The Labute approximate surface area is 110 Å². The van der Waals surface area contributed by atoms with Crippen molar-refractivity contribution >= 4 is 22.9 Å². The minimum atomic E-state index is -0.401. The first-order valence-corrected chi connectivity index (χ1v) is 5.92. The molecule has 1 aromatic heterocycles. The molecule has 0 spiro atoms. The molecule has 0 amide bonds. The second kappa shape index (κ2) is 5.48. The van der Waals surface area contributed by atoms with E-state index < -0.39 is 5.97 Å². The van der Waals surface area contributed by atoms with Gasteiger partial charge in [-0.15, -0.1) is 0 Å². The van der Waals surface area contributed by atoms with Crippen molar-refractivity contribution in [1.29, 1.82) is 0 Å². The highest BCUT2D eigenvalue weighted by Gasteiger charge is 2.02. The van der Waals surface area contributed by atoms with Gasteiger partial charge in [-0.2, -0.15) is 0 Å². The second-order valence-electron chi connectivity index (χ2n) is 4.02. The lowest BCUT2D eigenvalue weighted by Gasteiger charge is -2.01. The number of hydrogen-bond acceptors (Lipinski definition) is 4. The number of hydrogen-bond donors (Lipinski definition) is 0. The largest absolute Gasteiger partial charge is 0.463 e. The zero-order valence-corrected chi connectivity index (χ0v) is 10.8. The van der Waals surface area contributed by atoms with E-state index in [-0.39, 0.29) is 5.56 Å². The van der Waals surface area contributed by atoms with Crippen LogP contribution >= 0.6 is 0 Å². The Morgan fingerprint density at radius 2 is 2.26 bits per heavy atom. The van der Waals surface area contributed by atoms with Crippen molar-refractivity contribution < 1.29 is 9.53 Å². The lowest BCUT2D eigenvalue weighted by molar-refractivity contribution is -0.137. The van der Waals surface area contributed by atoms with Gasteiger partial charge in [-0.1, -0.05) is 6.07 Å². The van der Waals surface area contributed by atoms with Gasteiger partial charge in [0, 0.05) is 13.1 Å². The van der Waals surface area contributed by atoms with E-state index in [9.17, 15) is 9.59 Å². The maximum atomic E-state index is 11.9. The van der Waals surface area contributed by atoms with E-state index in [2.05, 4.69) is 4.98 Å². The topological polar surface area (TPSA) is 61.2 Å². The van der Waals surface area contributed by atoms with Gasteiger partial charge >= 0.3 is 5.97 Å². The fourth-order valence-corrected chi connectivity index (χ4v) is 1.69. The summed E-state index contributed by atoms with van der Waals surface area (Å²) in [6.07, 6.45) is 4.44. The van der Waals surface area contributed by atoms with Crippen molar-refractivity contribution in [3.63, 3.8) is 0 Å². The number of benzene rings is 1. The van der Waals surface area contributed by atoms with E-state index in [1.807, 2.05) is 0 Å². The first-order chi connectivity index (χ1) is 9.11. The molecule has 0 aliphatic rings. The van der Waals surface area contributed by atoms with Gasteiger partial charge in [0.05, 0.1) is 23.8 Å². The average Bonchev–Trinajstić information content (AvgIpc) is 2.41. The summed E-state index contributed by atoms with van der Waals surface area (Å²) >= 11 is 0. The summed E-state index contributed by atoms with van der Waals surface area (Å²) in [5.74, 6) is -0.401. The molecular formula is C14H14N2O3. The smallest absolute Gasteiger partial charge is 0.330 e. The van der Waals surface area contributed by atoms with Gasteiger partial charge in [0.15, 0.2) is 0 Å².